The van der Waals surface area contributed by atoms with Gasteiger partial charge < -0.3 is 19.9 Å². The van der Waals surface area contributed by atoms with Crippen molar-refractivity contribution >= 4 is 5.97 Å². The standard InChI is InChI=1S/C19H26N4O4/c1-25-15-9-8-12(10-13(15)20)19-21-17(11-18(24)27-3)22-23(19)14-6-4-5-7-16(14)26-2/h4-7,12-13,15H,8-11,20H2,1-3H3/t12-,13+,15+/m0/s1. The van der Waals surface area contributed by atoms with Crippen LogP contribution >= 0.6 is 0 Å². The SMILES string of the molecule is COC(=O)Cc1nc([C@H]2CC[C@@H](OC)[C@H](N)C2)n(-c2ccccc2OC)n1. The zero-order chi connectivity index (χ0) is 19.4. The Morgan fingerprint density at radius 1 is 1.26 bits per heavy atom. The van der Waals surface area contributed by atoms with Crippen molar-refractivity contribution in [3.63, 3.8) is 0 Å². The summed E-state index contributed by atoms with van der Waals surface area (Å²) in [5.41, 5.74) is 7.07. The maximum atomic E-state index is 11.7. The van der Waals surface area contributed by atoms with Gasteiger partial charge in [0.2, 0.25) is 0 Å². The lowest BCUT2D eigenvalue weighted by Crippen LogP contribution is -2.41. The number of para-hydroxylation sites is 2. The second-order valence-corrected chi connectivity index (χ2v) is 6.67. The minimum Gasteiger partial charge on any atom is -0.494 e. The molecule has 1 heterocycles. The molecule has 2 N–H and O–H groups in total. The van der Waals surface area contributed by atoms with E-state index in [4.69, 9.17) is 19.9 Å². The molecule has 0 unspecified atom stereocenters. The van der Waals surface area contributed by atoms with Crippen LogP contribution in [0.5, 0.6) is 5.75 Å². The zero-order valence-electron chi connectivity index (χ0n) is 15.9. The highest BCUT2D eigenvalue weighted by molar-refractivity contribution is 5.71. The highest BCUT2D eigenvalue weighted by Gasteiger charge is 2.32. The number of aromatic nitrogens is 3. The fraction of sp³-hybridized carbons (Fsp3) is 0.526. The topological polar surface area (TPSA) is 101 Å². The first-order chi connectivity index (χ1) is 13.1. The molecule has 8 nitrogen and oxygen atoms in total. The van der Waals surface area contributed by atoms with E-state index < -0.39 is 0 Å². The Kier molecular flexibility index (Phi) is 6.08. The quantitative estimate of drug-likeness (QED) is 0.766. The van der Waals surface area contributed by atoms with Crippen molar-refractivity contribution in [1.82, 2.24) is 14.8 Å². The van der Waals surface area contributed by atoms with Crippen LogP contribution in [0.3, 0.4) is 0 Å². The van der Waals surface area contributed by atoms with E-state index in [2.05, 4.69) is 10.1 Å². The molecule has 0 bridgehead atoms. The number of rotatable bonds is 6. The van der Waals surface area contributed by atoms with Crippen molar-refractivity contribution in [3.8, 4) is 11.4 Å². The lowest BCUT2D eigenvalue weighted by Gasteiger charge is -2.32. The first-order valence-corrected chi connectivity index (χ1v) is 9.01. The molecule has 1 aliphatic rings. The Labute approximate surface area is 158 Å². The average Bonchev–Trinajstić information content (AvgIpc) is 3.11. The van der Waals surface area contributed by atoms with Crippen LogP contribution in [0.25, 0.3) is 5.69 Å². The van der Waals surface area contributed by atoms with E-state index in [0.29, 0.717) is 11.6 Å². The van der Waals surface area contributed by atoms with Gasteiger partial charge in [0.05, 0.1) is 20.3 Å². The number of methoxy groups -OCH3 is 3. The van der Waals surface area contributed by atoms with Gasteiger partial charge in [0.15, 0.2) is 5.82 Å². The molecular weight excluding hydrogens is 348 g/mol. The van der Waals surface area contributed by atoms with E-state index >= 15 is 0 Å². The van der Waals surface area contributed by atoms with Gasteiger partial charge in [0.1, 0.15) is 23.7 Å². The second kappa shape index (κ2) is 8.49. The summed E-state index contributed by atoms with van der Waals surface area (Å²) in [5, 5.41) is 4.57. The third-order valence-electron chi connectivity index (χ3n) is 5.02. The summed E-state index contributed by atoms with van der Waals surface area (Å²) < 4.78 is 17.5. The Balaban J connectivity index is 1.99. The van der Waals surface area contributed by atoms with Gasteiger partial charge in [0.25, 0.3) is 0 Å². The van der Waals surface area contributed by atoms with Gasteiger partial charge in [-0.05, 0) is 31.4 Å². The summed E-state index contributed by atoms with van der Waals surface area (Å²) in [6.45, 7) is 0. The smallest absolute Gasteiger partial charge is 0.313 e. The molecule has 1 saturated carbocycles. The number of carbonyl (C=O) groups excluding carboxylic acids is 1. The Morgan fingerprint density at radius 3 is 2.70 bits per heavy atom. The van der Waals surface area contributed by atoms with Gasteiger partial charge in [-0.3, -0.25) is 4.79 Å². The molecule has 3 rings (SSSR count). The number of esters is 1. The van der Waals surface area contributed by atoms with E-state index in [-0.39, 0.29) is 30.5 Å². The fourth-order valence-corrected chi connectivity index (χ4v) is 3.60. The van der Waals surface area contributed by atoms with Gasteiger partial charge in [-0.1, -0.05) is 12.1 Å². The zero-order valence-corrected chi connectivity index (χ0v) is 15.9. The third-order valence-corrected chi connectivity index (χ3v) is 5.02. The molecule has 8 heteroatoms. The summed E-state index contributed by atoms with van der Waals surface area (Å²) in [4.78, 5) is 16.4. The van der Waals surface area contributed by atoms with Crippen LogP contribution in [-0.4, -0.2) is 54.2 Å². The fourth-order valence-electron chi connectivity index (χ4n) is 3.60. The molecule has 3 atom stereocenters. The Hall–Kier alpha value is -2.45. The summed E-state index contributed by atoms with van der Waals surface area (Å²) in [7, 11) is 4.66. The van der Waals surface area contributed by atoms with Crippen LogP contribution in [-0.2, 0) is 20.7 Å². The van der Waals surface area contributed by atoms with Crippen LogP contribution in [0.2, 0.25) is 0 Å². The van der Waals surface area contributed by atoms with Crippen LogP contribution < -0.4 is 10.5 Å². The van der Waals surface area contributed by atoms with Gasteiger partial charge in [-0.25, -0.2) is 9.67 Å². The normalized spacial score (nSPS) is 22.4. The maximum Gasteiger partial charge on any atom is 0.313 e. The molecule has 1 aromatic carbocycles. The highest BCUT2D eigenvalue weighted by atomic mass is 16.5. The molecule has 146 valence electrons. The van der Waals surface area contributed by atoms with Crippen molar-refractivity contribution in [2.45, 2.75) is 43.7 Å². The van der Waals surface area contributed by atoms with Gasteiger partial charge in [0, 0.05) is 19.1 Å². The van der Waals surface area contributed by atoms with E-state index in [1.54, 1.807) is 18.9 Å². The van der Waals surface area contributed by atoms with Crippen molar-refractivity contribution in [2.24, 2.45) is 5.73 Å². The number of ether oxygens (including phenoxy) is 3. The molecule has 1 fully saturated rings. The number of hydrogen-bond acceptors (Lipinski definition) is 7. The molecule has 0 saturated heterocycles. The van der Waals surface area contributed by atoms with E-state index in [1.165, 1.54) is 7.11 Å². The van der Waals surface area contributed by atoms with Crippen LogP contribution in [0, 0.1) is 0 Å². The number of benzene rings is 1. The molecule has 2 aromatic rings. The molecule has 0 spiro atoms. The summed E-state index contributed by atoms with van der Waals surface area (Å²) in [5.74, 6) is 1.63. The number of carbonyl (C=O) groups is 1. The third kappa shape index (κ3) is 4.12. The lowest BCUT2D eigenvalue weighted by atomic mass is 9.83. The van der Waals surface area contributed by atoms with Crippen molar-refractivity contribution in [3.05, 3.63) is 35.9 Å². The van der Waals surface area contributed by atoms with Gasteiger partial charge in [-0.2, -0.15) is 5.10 Å². The van der Waals surface area contributed by atoms with Crippen molar-refractivity contribution < 1.29 is 19.0 Å². The van der Waals surface area contributed by atoms with Gasteiger partial charge >= 0.3 is 5.97 Å². The van der Waals surface area contributed by atoms with E-state index in [9.17, 15) is 4.79 Å². The summed E-state index contributed by atoms with van der Waals surface area (Å²) in [6.07, 6.45) is 2.55. The van der Waals surface area contributed by atoms with Crippen LogP contribution in [0.15, 0.2) is 24.3 Å². The Morgan fingerprint density at radius 2 is 2.04 bits per heavy atom. The Bertz CT molecular complexity index is 792. The summed E-state index contributed by atoms with van der Waals surface area (Å²) in [6, 6.07) is 7.53. The van der Waals surface area contributed by atoms with Crippen LogP contribution in [0.4, 0.5) is 0 Å². The predicted octanol–water partition coefficient (Wildman–Crippen LogP) is 1.60. The first kappa shape index (κ1) is 19.3. The molecule has 0 amide bonds. The maximum absolute atomic E-state index is 11.7. The minimum atomic E-state index is -0.376. The number of nitrogens with two attached hydrogens (primary N) is 1. The predicted molar refractivity (Wildman–Crippen MR) is 99.0 cm³/mol. The van der Waals surface area contributed by atoms with Crippen molar-refractivity contribution in [1.29, 1.82) is 0 Å². The lowest BCUT2D eigenvalue weighted by molar-refractivity contribution is -0.139. The van der Waals surface area contributed by atoms with E-state index in [1.807, 2.05) is 24.3 Å². The molecule has 1 aromatic heterocycles. The van der Waals surface area contributed by atoms with Crippen LogP contribution in [0.1, 0.15) is 36.8 Å². The highest BCUT2D eigenvalue weighted by Crippen LogP contribution is 2.35. The number of nitrogens with zero attached hydrogens (tertiary/aromatic N) is 3. The largest absolute Gasteiger partial charge is 0.494 e. The minimum absolute atomic E-state index is 0.0190. The first-order valence-electron chi connectivity index (χ1n) is 9.01. The second-order valence-electron chi connectivity index (χ2n) is 6.67. The van der Waals surface area contributed by atoms with E-state index in [0.717, 1.165) is 30.8 Å². The summed E-state index contributed by atoms with van der Waals surface area (Å²) >= 11 is 0. The molecule has 27 heavy (non-hydrogen) atoms. The molecule has 0 radical (unpaired) electrons. The molecular formula is C19H26N4O4. The monoisotopic (exact) mass is 374 g/mol. The number of hydrogen-bond donors (Lipinski definition) is 1. The molecule has 0 aliphatic heterocycles. The molecule has 1 aliphatic carbocycles. The van der Waals surface area contributed by atoms with Gasteiger partial charge in [-0.15, -0.1) is 0 Å². The van der Waals surface area contributed by atoms with Crippen molar-refractivity contribution in [2.75, 3.05) is 21.3 Å². The average molecular weight is 374 g/mol.